The Morgan fingerprint density at radius 1 is 1.08 bits per heavy atom. The number of rotatable bonds is 7. The number of piperazine rings is 1. The molecule has 1 aliphatic heterocycles. The van der Waals surface area contributed by atoms with E-state index in [1.807, 2.05) is 53.6 Å². The van der Waals surface area contributed by atoms with Gasteiger partial charge < -0.3 is 14.7 Å². The van der Waals surface area contributed by atoms with Crippen LogP contribution in [-0.2, 0) is 9.59 Å². The van der Waals surface area contributed by atoms with Crippen molar-refractivity contribution in [3.8, 4) is 16.9 Å². The molecule has 1 saturated heterocycles. The van der Waals surface area contributed by atoms with Gasteiger partial charge in [0.15, 0.2) is 5.82 Å². The van der Waals surface area contributed by atoms with E-state index in [0.29, 0.717) is 37.8 Å². The quantitative estimate of drug-likeness (QED) is 0.391. The second-order valence-corrected chi connectivity index (χ2v) is 8.76. The Kier molecular flexibility index (Phi) is 7.18. The molecule has 10 heteroatoms. The monoisotopic (exact) mass is 497 g/mol. The van der Waals surface area contributed by atoms with Gasteiger partial charge in [-0.25, -0.2) is 4.68 Å². The minimum Gasteiger partial charge on any atom is -0.360 e. The van der Waals surface area contributed by atoms with Crippen molar-refractivity contribution in [3.63, 3.8) is 0 Å². The standard InChI is InChI=1S/C27H27N7O3/c1-20-16-24(31-37-20)29-25(35)19-32-12-14-33(15-13-32)26(36)10-9-22-18-34(23-7-3-2-4-8-23)30-27(22)21-6-5-11-28-17-21/h2-11,16-18H,12-15,19H2,1H3,(H,29,31,35)/b10-9+. The lowest BCUT2D eigenvalue weighted by Gasteiger charge is -2.33. The number of aryl methyl sites for hydroxylation is 1. The second kappa shape index (κ2) is 11.0. The molecule has 37 heavy (non-hydrogen) atoms. The Bertz CT molecular complexity index is 1390. The molecule has 4 aromatic rings. The predicted molar refractivity (Wildman–Crippen MR) is 139 cm³/mol. The molecule has 0 bridgehead atoms. The number of benzene rings is 1. The van der Waals surface area contributed by atoms with Gasteiger partial charge in [-0.2, -0.15) is 5.10 Å². The maximum absolute atomic E-state index is 13.0. The van der Waals surface area contributed by atoms with Gasteiger partial charge in [0.1, 0.15) is 11.5 Å². The van der Waals surface area contributed by atoms with Crippen LogP contribution in [0.3, 0.4) is 0 Å². The van der Waals surface area contributed by atoms with Gasteiger partial charge in [-0.1, -0.05) is 23.4 Å². The Morgan fingerprint density at radius 3 is 2.59 bits per heavy atom. The molecule has 0 radical (unpaired) electrons. The molecule has 1 aromatic carbocycles. The van der Waals surface area contributed by atoms with Gasteiger partial charge in [0.2, 0.25) is 11.8 Å². The number of hydrogen-bond donors (Lipinski definition) is 1. The first kappa shape index (κ1) is 24.1. The van der Waals surface area contributed by atoms with Crippen molar-refractivity contribution in [3.05, 3.63) is 84.5 Å². The molecule has 0 spiro atoms. The molecule has 1 fully saturated rings. The van der Waals surface area contributed by atoms with E-state index in [2.05, 4.69) is 15.5 Å². The summed E-state index contributed by atoms with van der Waals surface area (Å²) in [5.41, 5.74) is 3.37. The molecule has 0 saturated carbocycles. The van der Waals surface area contributed by atoms with E-state index in [0.717, 1.165) is 22.5 Å². The van der Waals surface area contributed by atoms with Gasteiger partial charge in [-0.3, -0.25) is 19.5 Å². The summed E-state index contributed by atoms with van der Waals surface area (Å²) in [6.07, 6.45) is 8.78. The molecule has 10 nitrogen and oxygen atoms in total. The summed E-state index contributed by atoms with van der Waals surface area (Å²) in [7, 11) is 0. The lowest BCUT2D eigenvalue weighted by molar-refractivity contribution is -0.127. The van der Waals surface area contributed by atoms with E-state index in [9.17, 15) is 9.59 Å². The number of carbonyl (C=O) groups is 2. The number of nitrogens with zero attached hydrogens (tertiary/aromatic N) is 6. The number of nitrogens with one attached hydrogen (secondary N) is 1. The third-order valence-corrected chi connectivity index (χ3v) is 6.05. The molecule has 5 rings (SSSR count). The second-order valence-electron chi connectivity index (χ2n) is 8.76. The van der Waals surface area contributed by atoms with Gasteiger partial charge in [-0.15, -0.1) is 0 Å². The zero-order chi connectivity index (χ0) is 25.6. The first-order valence-corrected chi connectivity index (χ1v) is 12.0. The van der Waals surface area contributed by atoms with E-state index in [1.54, 1.807) is 47.1 Å². The fraction of sp³-hybridized carbons (Fsp3) is 0.222. The SMILES string of the molecule is Cc1cc(NC(=O)CN2CCN(C(=O)/C=C/c3cn(-c4ccccc4)nc3-c3cccnc3)CC2)no1. The third-order valence-electron chi connectivity index (χ3n) is 6.05. The molecule has 4 heterocycles. The highest BCUT2D eigenvalue weighted by molar-refractivity contribution is 5.93. The van der Waals surface area contributed by atoms with Crippen molar-refractivity contribution < 1.29 is 14.1 Å². The summed E-state index contributed by atoms with van der Waals surface area (Å²) in [6.45, 7) is 4.30. The highest BCUT2D eigenvalue weighted by Gasteiger charge is 2.22. The van der Waals surface area contributed by atoms with E-state index in [1.165, 1.54) is 0 Å². The van der Waals surface area contributed by atoms with Crippen LogP contribution >= 0.6 is 0 Å². The maximum atomic E-state index is 13.0. The van der Waals surface area contributed by atoms with Crippen LogP contribution in [-0.4, -0.2) is 74.3 Å². The van der Waals surface area contributed by atoms with Gasteiger partial charge in [0.25, 0.3) is 0 Å². The molecular weight excluding hydrogens is 470 g/mol. The summed E-state index contributed by atoms with van der Waals surface area (Å²) < 4.78 is 6.77. The molecule has 1 N–H and O–H groups in total. The topological polar surface area (TPSA) is 109 Å². The smallest absolute Gasteiger partial charge is 0.246 e. The highest BCUT2D eigenvalue weighted by Crippen LogP contribution is 2.24. The Labute approximate surface area is 214 Å². The number of aromatic nitrogens is 4. The predicted octanol–water partition coefficient (Wildman–Crippen LogP) is 3.03. The lowest BCUT2D eigenvalue weighted by Crippen LogP contribution is -2.50. The van der Waals surface area contributed by atoms with Crippen LogP contribution < -0.4 is 5.32 Å². The molecular formula is C27H27N7O3. The number of hydrogen-bond acceptors (Lipinski definition) is 7. The number of anilines is 1. The summed E-state index contributed by atoms with van der Waals surface area (Å²) in [5, 5.41) is 11.3. The Balaban J connectivity index is 1.22. The van der Waals surface area contributed by atoms with Gasteiger partial charge >= 0.3 is 0 Å². The molecule has 1 aliphatic rings. The fourth-order valence-corrected chi connectivity index (χ4v) is 4.15. The van der Waals surface area contributed by atoms with Crippen LogP contribution in [0.4, 0.5) is 5.82 Å². The average Bonchev–Trinajstić information content (AvgIpc) is 3.54. The molecule has 188 valence electrons. The fourth-order valence-electron chi connectivity index (χ4n) is 4.15. The van der Waals surface area contributed by atoms with E-state index in [-0.39, 0.29) is 18.4 Å². The maximum Gasteiger partial charge on any atom is 0.246 e. The average molecular weight is 498 g/mol. The molecule has 3 aromatic heterocycles. The zero-order valence-corrected chi connectivity index (χ0v) is 20.4. The van der Waals surface area contributed by atoms with Crippen LogP contribution in [0, 0.1) is 6.92 Å². The number of amides is 2. The normalized spacial score (nSPS) is 14.2. The van der Waals surface area contributed by atoms with E-state index in [4.69, 9.17) is 9.62 Å². The van der Waals surface area contributed by atoms with Crippen LogP contribution in [0.2, 0.25) is 0 Å². The van der Waals surface area contributed by atoms with Crippen LogP contribution in [0.25, 0.3) is 23.0 Å². The summed E-state index contributed by atoms with van der Waals surface area (Å²) >= 11 is 0. The molecule has 0 unspecified atom stereocenters. The van der Waals surface area contributed by atoms with Crippen molar-refractivity contribution in [2.45, 2.75) is 6.92 Å². The third kappa shape index (κ3) is 5.99. The van der Waals surface area contributed by atoms with Crippen molar-refractivity contribution in [2.24, 2.45) is 0 Å². The highest BCUT2D eigenvalue weighted by atomic mass is 16.5. The Morgan fingerprint density at radius 2 is 1.89 bits per heavy atom. The van der Waals surface area contributed by atoms with E-state index >= 15 is 0 Å². The van der Waals surface area contributed by atoms with E-state index < -0.39 is 0 Å². The number of carbonyl (C=O) groups excluding carboxylic acids is 2. The molecule has 2 amide bonds. The Hall–Kier alpha value is -4.57. The summed E-state index contributed by atoms with van der Waals surface area (Å²) in [5.74, 6) is 0.802. The minimum atomic E-state index is -0.161. The number of para-hydroxylation sites is 1. The van der Waals surface area contributed by atoms with Crippen LogP contribution in [0.5, 0.6) is 0 Å². The minimum absolute atomic E-state index is 0.0771. The summed E-state index contributed by atoms with van der Waals surface area (Å²) in [6, 6.07) is 15.3. The first-order valence-electron chi connectivity index (χ1n) is 12.0. The van der Waals surface area contributed by atoms with Gasteiger partial charge in [0, 0.05) is 68.0 Å². The van der Waals surface area contributed by atoms with Crippen molar-refractivity contribution in [2.75, 3.05) is 38.0 Å². The van der Waals surface area contributed by atoms with Crippen molar-refractivity contribution in [1.29, 1.82) is 0 Å². The van der Waals surface area contributed by atoms with Crippen LogP contribution in [0.1, 0.15) is 11.3 Å². The van der Waals surface area contributed by atoms with Crippen molar-refractivity contribution in [1.82, 2.24) is 29.7 Å². The van der Waals surface area contributed by atoms with Gasteiger partial charge in [0.05, 0.1) is 12.2 Å². The first-order chi connectivity index (χ1) is 18.0. The van der Waals surface area contributed by atoms with Crippen molar-refractivity contribution >= 4 is 23.7 Å². The van der Waals surface area contributed by atoms with Crippen LogP contribution in [0.15, 0.2) is 77.7 Å². The molecule has 0 atom stereocenters. The largest absolute Gasteiger partial charge is 0.360 e. The zero-order valence-electron chi connectivity index (χ0n) is 20.4. The molecule has 0 aliphatic carbocycles. The van der Waals surface area contributed by atoms with Gasteiger partial charge in [-0.05, 0) is 37.3 Å². The number of pyridine rings is 1. The lowest BCUT2D eigenvalue weighted by atomic mass is 10.1. The summed E-state index contributed by atoms with van der Waals surface area (Å²) in [4.78, 5) is 33.2.